The number of sulfonamides is 1. The van der Waals surface area contributed by atoms with Gasteiger partial charge in [0.1, 0.15) is 11.9 Å². The third-order valence-electron chi connectivity index (χ3n) is 4.44. The van der Waals surface area contributed by atoms with E-state index in [1.54, 1.807) is 6.92 Å². The summed E-state index contributed by atoms with van der Waals surface area (Å²) in [6, 6.07) is 3.88. The van der Waals surface area contributed by atoms with Gasteiger partial charge in [-0.05, 0) is 44.0 Å². The van der Waals surface area contributed by atoms with Gasteiger partial charge >= 0.3 is 0 Å². The van der Waals surface area contributed by atoms with Gasteiger partial charge in [-0.25, -0.2) is 12.8 Å². The number of nitrogens with one attached hydrogen (secondary N) is 2. The minimum absolute atomic E-state index is 0.0148. The summed E-state index contributed by atoms with van der Waals surface area (Å²) >= 11 is 0. The zero-order valence-electron chi connectivity index (χ0n) is 15.0. The summed E-state index contributed by atoms with van der Waals surface area (Å²) in [5.41, 5.74) is 0. The van der Waals surface area contributed by atoms with Crippen LogP contribution in [0.25, 0.3) is 0 Å². The van der Waals surface area contributed by atoms with Crippen LogP contribution < -0.4 is 10.6 Å². The Morgan fingerprint density at radius 3 is 2.41 bits per heavy atom. The van der Waals surface area contributed by atoms with Gasteiger partial charge in [-0.1, -0.05) is 0 Å². The zero-order chi connectivity index (χ0) is 20.0. The smallest absolute Gasteiger partial charge is 0.243 e. The highest BCUT2D eigenvalue weighted by atomic mass is 32.2. The van der Waals surface area contributed by atoms with Gasteiger partial charge in [-0.2, -0.15) is 4.31 Å². The van der Waals surface area contributed by atoms with Gasteiger partial charge in [0.05, 0.1) is 11.5 Å². The van der Waals surface area contributed by atoms with E-state index in [0.29, 0.717) is 12.8 Å². The van der Waals surface area contributed by atoms with Crippen LogP contribution in [0.1, 0.15) is 19.8 Å². The van der Waals surface area contributed by atoms with Gasteiger partial charge in [0.25, 0.3) is 0 Å². The van der Waals surface area contributed by atoms with E-state index in [2.05, 4.69) is 10.6 Å². The van der Waals surface area contributed by atoms with Crippen LogP contribution in [0, 0.1) is 11.7 Å². The Morgan fingerprint density at radius 2 is 1.85 bits per heavy atom. The van der Waals surface area contributed by atoms with Gasteiger partial charge in [0.2, 0.25) is 21.8 Å². The van der Waals surface area contributed by atoms with E-state index in [-0.39, 0.29) is 37.0 Å². The molecule has 1 aromatic rings. The molecule has 8 nitrogen and oxygen atoms in total. The van der Waals surface area contributed by atoms with E-state index in [0.717, 1.165) is 12.1 Å². The first-order valence-electron chi connectivity index (χ1n) is 8.70. The Morgan fingerprint density at radius 1 is 1.26 bits per heavy atom. The Kier molecular flexibility index (Phi) is 7.28. The quantitative estimate of drug-likeness (QED) is 0.587. The molecule has 0 aromatic heterocycles. The lowest BCUT2D eigenvalue weighted by atomic mass is 9.97. The molecule has 27 heavy (non-hydrogen) atoms. The Hall–Kier alpha value is -2.04. The first kappa shape index (κ1) is 21.3. The highest BCUT2D eigenvalue weighted by molar-refractivity contribution is 7.89. The van der Waals surface area contributed by atoms with Crippen molar-refractivity contribution >= 4 is 21.8 Å². The number of aliphatic hydroxyl groups is 1. The molecule has 0 bridgehead atoms. The number of benzene rings is 1. The van der Waals surface area contributed by atoms with Crippen LogP contribution in [-0.2, 0) is 19.6 Å². The number of nitrogens with zero attached hydrogens (tertiary/aromatic N) is 1. The largest absolute Gasteiger partial charge is 0.395 e. The topological polar surface area (TPSA) is 116 Å². The molecule has 1 aliphatic heterocycles. The second-order valence-corrected chi connectivity index (χ2v) is 8.32. The summed E-state index contributed by atoms with van der Waals surface area (Å²) in [6.45, 7) is 1.80. The molecule has 1 atom stereocenters. The van der Waals surface area contributed by atoms with Crippen LogP contribution in [0.2, 0.25) is 0 Å². The molecule has 10 heteroatoms. The predicted octanol–water partition coefficient (Wildman–Crippen LogP) is -0.160. The Labute approximate surface area is 157 Å². The number of rotatable bonds is 7. The van der Waals surface area contributed by atoms with E-state index in [4.69, 9.17) is 5.11 Å². The SMILES string of the molecule is C[C@@H](NC(=O)C1CCN(S(=O)(=O)c2ccc(F)cc2)CC1)C(=O)NCCO. The first-order chi connectivity index (χ1) is 12.8. The van der Waals surface area contributed by atoms with Crippen molar-refractivity contribution in [1.82, 2.24) is 14.9 Å². The molecule has 1 saturated heterocycles. The molecule has 0 unspecified atom stereocenters. The van der Waals surface area contributed by atoms with Crippen molar-refractivity contribution in [3.8, 4) is 0 Å². The van der Waals surface area contributed by atoms with E-state index in [1.165, 1.54) is 16.4 Å². The van der Waals surface area contributed by atoms with Gasteiger partial charge in [0, 0.05) is 25.6 Å². The van der Waals surface area contributed by atoms with Crippen LogP contribution in [0.3, 0.4) is 0 Å². The van der Waals surface area contributed by atoms with Gasteiger partial charge in [-0.3, -0.25) is 9.59 Å². The minimum atomic E-state index is -3.73. The summed E-state index contributed by atoms with van der Waals surface area (Å²) in [5.74, 6) is -1.60. The average Bonchev–Trinajstić information content (AvgIpc) is 2.66. The Balaban J connectivity index is 1.89. The highest BCUT2D eigenvalue weighted by Gasteiger charge is 2.32. The van der Waals surface area contributed by atoms with E-state index >= 15 is 0 Å². The molecule has 3 N–H and O–H groups in total. The van der Waals surface area contributed by atoms with Crippen molar-refractivity contribution in [2.75, 3.05) is 26.2 Å². The maximum absolute atomic E-state index is 13.0. The van der Waals surface area contributed by atoms with E-state index in [9.17, 15) is 22.4 Å². The molecule has 1 aliphatic rings. The van der Waals surface area contributed by atoms with Crippen molar-refractivity contribution in [1.29, 1.82) is 0 Å². The van der Waals surface area contributed by atoms with Crippen LogP contribution in [-0.4, -0.2) is 61.9 Å². The number of carbonyl (C=O) groups is 2. The molecule has 2 amide bonds. The van der Waals surface area contributed by atoms with Crippen LogP contribution in [0.5, 0.6) is 0 Å². The summed E-state index contributed by atoms with van der Waals surface area (Å²) < 4.78 is 39.4. The Bertz CT molecular complexity index is 761. The predicted molar refractivity (Wildman–Crippen MR) is 95.6 cm³/mol. The van der Waals surface area contributed by atoms with E-state index < -0.39 is 33.7 Å². The van der Waals surface area contributed by atoms with Crippen LogP contribution in [0.15, 0.2) is 29.2 Å². The fraction of sp³-hybridized carbons (Fsp3) is 0.529. The van der Waals surface area contributed by atoms with Gasteiger partial charge in [0.15, 0.2) is 0 Å². The number of piperidine rings is 1. The molecule has 1 heterocycles. The van der Waals surface area contributed by atoms with Crippen molar-refractivity contribution in [3.05, 3.63) is 30.1 Å². The molecule has 1 aromatic carbocycles. The molecule has 150 valence electrons. The maximum Gasteiger partial charge on any atom is 0.243 e. The summed E-state index contributed by atoms with van der Waals surface area (Å²) in [4.78, 5) is 24.0. The number of carbonyl (C=O) groups excluding carboxylic acids is 2. The van der Waals surface area contributed by atoms with Crippen molar-refractivity contribution in [3.63, 3.8) is 0 Å². The number of hydrogen-bond acceptors (Lipinski definition) is 5. The fourth-order valence-corrected chi connectivity index (χ4v) is 4.31. The molecule has 0 spiro atoms. The van der Waals surface area contributed by atoms with Crippen molar-refractivity contribution in [2.24, 2.45) is 5.92 Å². The van der Waals surface area contributed by atoms with Gasteiger partial charge in [-0.15, -0.1) is 0 Å². The van der Waals surface area contributed by atoms with E-state index in [1.807, 2.05) is 0 Å². The highest BCUT2D eigenvalue weighted by Crippen LogP contribution is 2.24. The molecule has 2 rings (SSSR count). The van der Waals surface area contributed by atoms with Crippen molar-refractivity contribution < 1.29 is 27.5 Å². The monoisotopic (exact) mass is 401 g/mol. The average molecular weight is 401 g/mol. The molecule has 0 radical (unpaired) electrons. The number of aliphatic hydroxyl groups excluding tert-OH is 1. The molecule has 1 fully saturated rings. The standard InChI is InChI=1S/C17H24FN3O5S/c1-12(16(23)19-8-11-22)20-17(24)13-6-9-21(10-7-13)27(25,26)15-4-2-14(18)3-5-15/h2-5,12-13,22H,6-11H2,1H3,(H,19,23)(H,20,24)/t12-/m1/s1. The summed E-state index contributed by atoms with van der Waals surface area (Å²) in [7, 11) is -3.73. The van der Waals surface area contributed by atoms with Gasteiger partial charge < -0.3 is 15.7 Å². The molecule has 0 aliphatic carbocycles. The third kappa shape index (κ3) is 5.47. The van der Waals surface area contributed by atoms with Crippen molar-refractivity contribution in [2.45, 2.75) is 30.7 Å². The fourth-order valence-electron chi connectivity index (χ4n) is 2.84. The number of amides is 2. The minimum Gasteiger partial charge on any atom is -0.395 e. The van der Waals surface area contributed by atoms with Crippen LogP contribution >= 0.6 is 0 Å². The third-order valence-corrected chi connectivity index (χ3v) is 6.35. The molecule has 0 saturated carbocycles. The maximum atomic E-state index is 13.0. The summed E-state index contributed by atoms with van der Waals surface area (Å²) in [6.07, 6.45) is 0.661. The number of hydrogen-bond donors (Lipinski definition) is 3. The lowest BCUT2D eigenvalue weighted by Gasteiger charge is -2.31. The lowest BCUT2D eigenvalue weighted by molar-refractivity contribution is -0.131. The second kappa shape index (κ2) is 9.25. The van der Waals surface area contributed by atoms with Crippen LogP contribution in [0.4, 0.5) is 4.39 Å². The molecular weight excluding hydrogens is 377 g/mol. The number of halogens is 1. The lowest BCUT2D eigenvalue weighted by Crippen LogP contribution is -2.49. The first-order valence-corrected chi connectivity index (χ1v) is 10.1. The molecular formula is C17H24FN3O5S. The zero-order valence-corrected chi connectivity index (χ0v) is 15.8. The second-order valence-electron chi connectivity index (χ2n) is 6.38. The normalized spacial score (nSPS) is 17.3. The summed E-state index contributed by atoms with van der Waals surface area (Å²) in [5, 5.41) is 13.8.